The van der Waals surface area contributed by atoms with E-state index in [2.05, 4.69) is 66.6 Å². The maximum absolute atomic E-state index is 13.1. The van der Waals surface area contributed by atoms with Gasteiger partial charge in [-0.3, -0.25) is 28.9 Å². The summed E-state index contributed by atoms with van der Waals surface area (Å²) in [6, 6.07) is 16.1. The van der Waals surface area contributed by atoms with Gasteiger partial charge in [-0.25, -0.2) is 0 Å². The number of anilines is 1. The van der Waals surface area contributed by atoms with E-state index < -0.39 is 0 Å². The molecule has 1 unspecified atom stereocenters. The molecule has 13 heteroatoms. The number of rotatable bonds is 13. The molecule has 2 aromatic carbocycles. The van der Waals surface area contributed by atoms with Gasteiger partial charge >= 0.3 is 0 Å². The van der Waals surface area contributed by atoms with Gasteiger partial charge in [0.1, 0.15) is 17.4 Å². The van der Waals surface area contributed by atoms with E-state index in [1.54, 1.807) is 16.2 Å². The smallest absolute Gasteiger partial charge is 0.254 e. The van der Waals surface area contributed by atoms with Crippen molar-refractivity contribution in [2.75, 3.05) is 11.9 Å². The van der Waals surface area contributed by atoms with Crippen LogP contribution in [0.2, 0.25) is 0 Å². The molecule has 0 saturated carbocycles. The number of imide groups is 1. The zero-order valence-electron chi connectivity index (χ0n) is 29.2. The maximum atomic E-state index is 13.1. The number of aryl methyl sites for hydroxylation is 2. The lowest BCUT2D eigenvalue weighted by Gasteiger charge is -2.24. The Hall–Kier alpha value is -5.58. The third kappa shape index (κ3) is 7.54. The number of fused-ring (bicyclic) bond motifs is 4. The Balaban J connectivity index is 0.961. The van der Waals surface area contributed by atoms with Crippen LogP contribution < -0.4 is 10.6 Å². The Kier molecular flexibility index (Phi) is 10.6. The number of ether oxygens (including phenoxy) is 1. The molecule has 0 aliphatic carbocycles. The monoisotopic (exact) mass is 716 g/mol. The molecule has 2 aliphatic heterocycles. The molecule has 2 N–H and O–H groups in total. The quantitative estimate of drug-likeness (QED) is 0.0972. The highest BCUT2D eigenvalue weighted by molar-refractivity contribution is 7.15. The molecule has 0 fully saturated rings. The number of unbranched alkanes of at least 4 members (excludes halogenated alkanes) is 1. The van der Waals surface area contributed by atoms with E-state index in [0.29, 0.717) is 38.2 Å². The van der Waals surface area contributed by atoms with Crippen LogP contribution in [0.4, 0.5) is 5.69 Å². The van der Waals surface area contributed by atoms with E-state index in [-0.39, 0.29) is 24.3 Å². The first-order valence-electron chi connectivity index (χ1n) is 17.5. The van der Waals surface area contributed by atoms with E-state index in [1.807, 2.05) is 55.2 Å². The largest absolute Gasteiger partial charge is 0.385 e. The second-order valence-corrected chi connectivity index (χ2v) is 14.1. The summed E-state index contributed by atoms with van der Waals surface area (Å²) < 4.78 is 10.1. The fourth-order valence-corrected chi connectivity index (χ4v) is 7.97. The number of carbonyl (C=O) groups excluding carboxylic acids is 3. The predicted octanol–water partition coefficient (Wildman–Crippen LogP) is 5.14. The van der Waals surface area contributed by atoms with Gasteiger partial charge in [0.25, 0.3) is 5.91 Å². The van der Waals surface area contributed by atoms with Gasteiger partial charge in [0.05, 0.1) is 23.2 Å². The van der Waals surface area contributed by atoms with E-state index >= 15 is 0 Å². The number of amides is 3. The highest BCUT2D eigenvalue weighted by Gasteiger charge is 2.32. The number of nitrogens with zero attached hydrogens (tertiary/aromatic N) is 6. The minimum Gasteiger partial charge on any atom is -0.385 e. The average Bonchev–Trinajstić information content (AvgIpc) is 3.90. The van der Waals surface area contributed by atoms with Gasteiger partial charge in [-0.05, 0) is 62.8 Å². The maximum Gasteiger partial charge on any atom is 0.254 e. The van der Waals surface area contributed by atoms with Crippen molar-refractivity contribution in [3.8, 4) is 16.8 Å². The van der Waals surface area contributed by atoms with E-state index in [9.17, 15) is 14.4 Å². The number of benzene rings is 2. The molecule has 266 valence electrons. The normalized spacial score (nSPS) is 13.7. The van der Waals surface area contributed by atoms with E-state index in [1.165, 1.54) is 11.1 Å². The van der Waals surface area contributed by atoms with Gasteiger partial charge in [-0.1, -0.05) is 48.2 Å². The Morgan fingerprint density at radius 2 is 1.94 bits per heavy atom. The minimum absolute atomic E-state index is 0.0326. The molecule has 12 nitrogen and oxygen atoms in total. The summed E-state index contributed by atoms with van der Waals surface area (Å²) in [5.74, 6) is 8.09. The zero-order chi connectivity index (χ0) is 36.0. The number of hydrogen-bond acceptors (Lipinski definition) is 9. The lowest BCUT2D eigenvalue weighted by Crippen LogP contribution is -2.34. The Morgan fingerprint density at radius 3 is 2.79 bits per heavy atom. The number of hydrogen-bond donors (Lipinski definition) is 2. The first-order chi connectivity index (χ1) is 25.4. The van der Waals surface area contributed by atoms with Crippen molar-refractivity contribution < 1.29 is 19.1 Å². The summed E-state index contributed by atoms with van der Waals surface area (Å²) in [6.45, 7) is 6.82. The van der Waals surface area contributed by atoms with Gasteiger partial charge in [0.15, 0.2) is 5.82 Å². The summed E-state index contributed by atoms with van der Waals surface area (Å²) in [7, 11) is 0. The molecule has 5 aromatic rings. The van der Waals surface area contributed by atoms with Gasteiger partial charge in [-0.2, -0.15) is 5.10 Å². The van der Waals surface area contributed by atoms with Gasteiger partial charge in [0, 0.05) is 60.7 Å². The SMILES string of the molecule is Cc1nnc2n1-c1sc(C#Cc3cnn(CCCCNc4cccc5c4CN(C(C)CCC(=O)NC=O)C5=O)c3)c(Cc3ccccc3)c1COC2. The zero-order valence-corrected chi connectivity index (χ0v) is 30.0. The average molecular weight is 717 g/mol. The van der Waals surface area contributed by atoms with Crippen LogP contribution in [0, 0.1) is 18.8 Å². The van der Waals surface area contributed by atoms with Crippen LogP contribution in [-0.4, -0.2) is 60.3 Å². The molecule has 52 heavy (non-hydrogen) atoms. The first kappa shape index (κ1) is 34.9. The first-order valence-corrected chi connectivity index (χ1v) is 18.3. The van der Waals surface area contributed by atoms with Crippen LogP contribution in [0.3, 0.4) is 0 Å². The molecule has 0 radical (unpaired) electrons. The van der Waals surface area contributed by atoms with E-state index in [4.69, 9.17) is 4.74 Å². The number of nitrogens with one attached hydrogen (secondary N) is 2. The van der Waals surface area contributed by atoms with Crippen LogP contribution in [0.15, 0.2) is 60.9 Å². The molecular formula is C39H40N8O4S. The number of aromatic nitrogens is 5. The van der Waals surface area contributed by atoms with Crippen molar-refractivity contribution in [1.82, 2.24) is 34.8 Å². The Morgan fingerprint density at radius 1 is 1.08 bits per heavy atom. The summed E-state index contributed by atoms with van der Waals surface area (Å²) in [6.07, 6.45) is 7.45. The van der Waals surface area contributed by atoms with Crippen molar-refractivity contribution in [3.63, 3.8) is 0 Å². The second-order valence-electron chi connectivity index (χ2n) is 13.1. The molecule has 5 heterocycles. The molecule has 2 aliphatic rings. The molecule has 0 saturated heterocycles. The predicted molar refractivity (Wildman–Crippen MR) is 197 cm³/mol. The molecular weight excluding hydrogens is 677 g/mol. The van der Waals surface area contributed by atoms with Crippen molar-refractivity contribution in [2.24, 2.45) is 0 Å². The van der Waals surface area contributed by atoms with Crippen LogP contribution in [0.5, 0.6) is 0 Å². The topological polar surface area (TPSA) is 136 Å². The van der Waals surface area contributed by atoms with Crippen LogP contribution >= 0.6 is 11.3 Å². The number of carbonyl (C=O) groups is 3. The van der Waals surface area contributed by atoms with Crippen LogP contribution in [-0.2, 0) is 47.1 Å². The van der Waals surface area contributed by atoms with Gasteiger partial charge in [0.2, 0.25) is 12.3 Å². The standard InChI is InChI=1S/C39H40N8O4S/c1-26(13-16-37(49)41-25-48)46-22-32-30(38(46)50)11-8-12-34(32)40-17-6-7-18-45-21-29(20-42-45)14-15-35-31(19-28-9-4-3-5-10-28)33-23-51-24-36-44-43-27(2)47(36)39(33)52-35/h3-5,8-12,20-21,25-26,40H,6-7,13,16-19,22-24H2,1-2H3,(H,41,48,49). The fraction of sp³-hybridized carbons (Fsp3) is 0.333. The summed E-state index contributed by atoms with van der Waals surface area (Å²) in [5, 5.41) is 20.0. The van der Waals surface area contributed by atoms with Gasteiger partial charge < -0.3 is 15.0 Å². The molecule has 7 rings (SSSR count). The van der Waals surface area contributed by atoms with Crippen molar-refractivity contribution >= 4 is 35.2 Å². The molecule has 1 atom stereocenters. The second kappa shape index (κ2) is 15.8. The Labute approximate surface area is 306 Å². The van der Waals surface area contributed by atoms with E-state index in [0.717, 1.165) is 76.3 Å². The summed E-state index contributed by atoms with van der Waals surface area (Å²) >= 11 is 1.66. The summed E-state index contributed by atoms with van der Waals surface area (Å²) in [5.41, 5.74) is 7.02. The lowest BCUT2D eigenvalue weighted by molar-refractivity contribution is -0.125. The minimum atomic E-state index is -0.341. The van der Waals surface area contributed by atoms with Crippen LogP contribution in [0.1, 0.15) is 87.3 Å². The fourth-order valence-electron chi connectivity index (χ4n) is 6.72. The summed E-state index contributed by atoms with van der Waals surface area (Å²) in [4.78, 5) is 38.2. The third-order valence-electron chi connectivity index (χ3n) is 9.51. The highest BCUT2D eigenvalue weighted by atomic mass is 32.1. The van der Waals surface area contributed by atoms with Crippen molar-refractivity contribution in [3.05, 3.63) is 111 Å². The molecule has 0 bridgehead atoms. The lowest BCUT2D eigenvalue weighted by atomic mass is 10.0. The van der Waals surface area contributed by atoms with Crippen molar-refractivity contribution in [2.45, 2.75) is 78.3 Å². The third-order valence-corrected chi connectivity index (χ3v) is 10.7. The Bertz CT molecular complexity index is 2160. The van der Waals surface area contributed by atoms with Gasteiger partial charge in [-0.15, -0.1) is 21.5 Å². The molecule has 0 spiro atoms. The van der Waals surface area contributed by atoms with Crippen molar-refractivity contribution in [1.29, 1.82) is 0 Å². The molecule has 3 amide bonds. The molecule has 3 aromatic heterocycles. The highest BCUT2D eigenvalue weighted by Crippen LogP contribution is 2.37. The number of thiophene rings is 1. The van der Waals surface area contributed by atoms with Crippen LogP contribution in [0.25, 0.3) is 5.00 Å².